The van der Waals surface area contributed by atoms with E-state index in [9.17, 15) is 4.79 Å². The summed E-state index contributed by atoms with van der Waals surface area (Å²) in [5, 5.41) is 0. The Kier molecular flexibility index (Phi) is 5.03. The molecule has 2 aromatic rings. The van der Waals surface area contributed by atoms with E-state index in [0.29, 0.717) is 5.91 Å². The molecule has 0 spiro atoms. The standard InChI is InChI=1S/C22H27NO/c1-16-9-7-10-17(2)21(16)15-20-13-8-14-23(22(20)24)18(3)19-11-5-4-6-12-19/h4-7,9-12,18,20H,8,13-15H2,1-3H3. The predicted molar refractivity (Wildman–Crippen MR) is 98.9 cm³/mol. The molecule has 3 rings (SSSR count). The van der Waals surface area contributed by atoms with Crippen LogP contribution in [0, 0.1) is 19.8 Å². The van der Waals surface area contributed by atoms with Crippen molar-refractivity contribution in [2.75, 3.05) is 6.54 Å². The van der Waals surface area contributed by atoms with Crippen LogP contribution >= 0.6 is 0 Å². The van der Waals surface area contributed by atoms with E-state index in [1.165, 1.54) is 22.3 Å². The molecule has 2 unspecified atom stereocenters. The summed E-state index contributed by atoms with van der Waals surface area (Å²) in [4.78, 5) is 15.2. The largest absolute Gasteiger partial charge is 0.336 e. The Morgan fingerprint density at radius 2 is 1.71 bits per heavy atom. The summed E-state index contributed by atoms with van der Waals surface area (Å²) in [5.41, 5.74) is 5.18. The molecule has 2 atom stereocenters. The molecule has 24 heavy (non-hydrogen) atoms. The molecule has 2 heteroatoms. The first kappa shape index (κ1) is 16.8. The molecule has 1 aliphatic heterocycles. The van der Waals surface area contributed by atoms with Crippen LogP contribution in [0.1, 0.15) is 48.1 Å². The Hall–Kier alpha value is -2.09. The van der Waals surface area contributed by atoms with Crippen molar-refractivity contribution >= 4 is 5.91 Å². The van der Waals surface area contributed by atoms with Gasteiger partial charge in [-0.2, -0.15) is 0 Å². The monoisotopic (exact) mass is 321 g/mol. The molecule has 0 N–H and O–H groups in total. The minimum absolute atomic E-state index is 0.115. The van der Waals surface area contributed by atoms with E-state index in [-0.39, 0.29) is 12.0 Å². The van der Waals surface area contributed by atoms with Gasteiger partial charge in [-0.05, 0) is 62.3 Å². The van der Waals surface area contributed by atoms with Gasteiger partial charge in [0, 0.05) is 12.5 Å². The Bertz CT molecular complexity index is 687. The van der Waals surface area contributed by atoms with E-state index in [0.717, 1.165) is 25.8 Å². The third-order valence-electron chi connectivity index (χ3n) is 5.43. The molecule has 1 heterocycles. The smallest absolute Gasteiger partial charge is 0.226 e. The van der Waals surface area contributed by atoms with Crippen LogP contribution in [0.4, 0.5) is 0 Å². The molecule has 2 aromatic carbocycles. The first-order chi connectivity index (χ1) is 11.6. The highest BCUT2D eigenvalue weighted by molar-refractivity contribution is 5.80. The van der Waals surface area contributed by atoms with Gasteiger partial charge >= 0.3 is 0 Å². The lowest BCUT2D eigenvalue weighted by Crippen LogP contribution is -2.43. The lowest BCUT2D eigenvalue weighted by molar-refractivity contribution is -0.140. The van der Waals surface area contributed by atoms with Gasteiger partial charge in [-0.25, -0.2) is 0 Å². The van der Waals surface area contributed by atoms with E-state index in [1.807, 2.05) is 6.07 Å². The molecule has 1 saturated heterocycles. The molecule has 1 amide bonds. The summed E-state index contributed by atoms with van der Waals surface area (Å²) in [5.74, 6) is 0.435. The highest BCUT2D eigenvalue weighted by Crippen LogP contribution is 2.30. The zero-order valence-electron chi connectivity index (χ0n) is 15.0. The van der Waals surface area contributed by atoms with Gasteiger partial charge in [0.2, 0.25) is 5.91 Å². The first-order valence-electron chi connectivity index (χ1n) is 8.98. The van der Waals surface area contributed by atoms with Gasteiger partial charge in [0.25, 0.3) is 0 Å². The van der Waals surface area contributed by atoms with Crippen LogP contribution in [0.3, 0.4) is 0 Å². The van der Waals surface area contributed by atoms with Crippen molar-refractivity contribution in [3.05, 3.63) is 70.8 Å². The molecule has 0 bridgehead atoms. The number of likely N-dealkylation sites (tertiary alicyclic amines) is 1. The Balaban J connectivity index is 1.78. The van der Waals surface area contributed by atoms with Gasteiger partial charge in [0.15, 0.2) is 0 Å². The molecule has 2 nitrogen and oxygen atoms in total. The maximum atomic E-state index is 13.1. The van der Waals surface area contributed by atoms with Crippen LogP contribution in [-0.2, 0) is 11.2 Å². The van der Waals surface area contributed by atoms with Crippen LogP contribution in [0.2, 0.25) is 0 Å². The Morgan fingerprint density at radius 1 is 1.04 bits per heavy atom. The summed E-state index contributed by atoms with van der Waals surface area (Å²) in [6, 6.07) is 16.9. The SMILES string of the molecule is Cc1cccc(C)c1CC1CCCN(C(C)c2ccccc2)C1=O. The highest BCUT2D eigenvalue weighted by Gasteiger charge is 2.32. The number of piperidine rings is 1. The summed E-state index contributed by atoms with van der Waals surface area (Å²) in [6.45, 7) is 7.33. The number of benzene rings is 2. The maximum Gasteiger partial charge on any atom is 0.226 e. The van der Waals surface area contributed by atoms with Gasteiger partial charge in [0.05, 0.1) is 6.04 Å². The molecule has 0 aliphatic carbocycles. The van der Waals surface area contributed by atoms with Crippen molar-refractivity contribution in [2.45, 2.75) is 46.1 Å². The minimum atomic E-state index is 0.115. The van der Waals surface area contributed by atoms with Crippen LogP contribution in [0.15, 0.2) is 48.5 Å². The van der Waals surface area contributed by atoms with Crippen molar-refractivity contribution in [2.24, 2.45) is 5.92 Å². The number of carbonyl (C=O) groups is 1. The Labute approximate surface area is 145 Å². The van der Waals surface area contributed by atoms with Crippen molar-refractivity contribution in [3.63, 3.8) is 0 Å². The fraction of sp³-hybridized carbons (Fsp3) is 0.409. The van der Waals surface area contributed by atoms with Crippen molar-refractivity contribution in [3.8, 4) is 0 Å². The van der Waals surface area contributed by atoms with E-state index in [4.69, 9.17) is 0 Å². The summed E-state index contributed by atoms with van der Waals surface area (Å²) < 4.78 is 0. The average Bonchev–Trinajstić information content (AvgIpc) is 2.60. The molecular weight excluding hydrogens is 294 g/mol. The number of hydrogen-bond donors (Lipinski definition) is 0. The predicted octanol–water partition coefficient (Wildman–Crippen LogP) is 4.85. The quantitative estimate of drug-likeness (QED) is 0.788. The van der Waals surface area contributed by atoms with E-state index >= 15 is 0 Å². The third kappa shape index (κ3) is 3.38. The van der Waals surface area contributed by atoms with Crippen molar-refractivity contribution in [1.82, 2.24) is 4.90 Å². The summed E-state index contributed by atoms with van der Waals surface area (Å²) in [6.07, 6.45) is 2.97. The van der Waals surface area contributed by atoms with Crippen LogP contribution in [-0.4, -0.2) is 17.4 Å². The second kappa shape index (κ2) is 7.21. The zero-order valence-corrected chi connectivity index (χ0v) is 15.0. The van der Waals surface area contributed by atoms with Gasteiger partial charge < -0.3 is 4.90 Å². The number of rotatable bonds is 4. The Morgan fingerprint density at radius 3 is 2.38 bits per heavy atom. The van der Waals surface area contributed by atoms with Crippen molar-refractivity contribution < 1.29 is 4.79 Å². The van der Waals surface area contributed by atoms with E-state index in [2.05, 4.69) is 68.1 Å². The van der Waals surface area contributed by atoms with E-state index < -0.39 is 0 Å². The zero-order chi connectivity index (χ0) is 17.1. The normalized spacial score (nSPS) is 19.4. The van der Waals surface area contributed by atoms with Gasteiger partial charge in [-0.1, -0.05) is 48.5 Å². The number of aryl methyl sites for hydroxylation is 2. The van der Waals surface area contributed by atoms with Gasteiger partial charge in [-0.15, -0.1) is 0 Å². The van der Waals surface area contributed by atoms with Gasteiger partial charge in [-0.3, -0.25) is 4.79 Å². The van der Waals surface area contributed by atoms with Crippen LogP contribution in [0.5, 0.6) is 0 Å². The molecule has 1 aliphatic rings. The minimum Gasteiger partial charge on any atom is -0.336 e. The lowest BCUT2D eigenvalue weighted by atomic mass is 9.86. The second-order valence-electron chi connectivity index (χ2n) is 7.03. The van der Waals surface area contributed by atoms with Gasteiger partial charge in [0.1, 0.15) is 0 Å². The van der Waals surface area contributed by atoms with Crippen molar-refractivity contribution in [1.29, 1.82) is 0 Å². The topological polar surface area (TPSA) is 20.3 Å². The number of amides is 1. The van der Waals surface area contributed by atoms with Crippen LogP contribution in [0.25, 0.3) is 0 Å². The molecule has 1 fully saturated rings. The lowest BCUT2D eigenvalue weighted by Gasteiger charge is -2.37. The second-order valence-corrected chi connectivity index (χ2v) is 7.03. The molecule has 0 saturated carbocycles. The molecular formula is C22H27NO. The number of carbonyl (C=O) groups excluding carboxylic acids is 1. The highest BCUT2D eigenvalue weighted by atomic mass is 16.2. The third-order valence-corrected chi connectivity index (χ3v) is 5.43. The first-order valence-corrected chi connectivity index (χ1v) is 8.98. The number of nitrogens with zero attached hydrogens (tertiary/aromatic N) is 1. The maximum absolute atomic E-state index is 13.1. The number of hydrogen-bond acceptors (Lipinski definition) is 1. The van der Waals surface area contributed by atoms with Crippen LogP contribution < -0.4 is 0 Å². The molecule has 0 aromatic heterocycles. The molecule has 126 valence electrons. The average molecular weight is 321 g/mol. The fourth-order valence-electron chi connectivity index (χ4n) is 3.88. The van der Waals surface area contributed by atoms with E-state index in [1.54, 1.807) is 0 Å². The molecule has 0 radical (unpaired) electrons. The summed E-state index contributed by atoms with van der Waals surface area (Å²) >= 11 is 0. The fourth-order valence-corrected chi connectivity index (χ4v) is 3.88. The summed E-state index contributed by atoms with van der Waals surface area (Å²) in [7, 11) is 0.